The third-order valence-corrected chi connectivity index (χ3v) is 6.16. The van der Waals surface area contributed by atoms with E-state index in [0.29, 0.717) is 5.69 Å². The minimum absolute atomic E-state index is 0.109. The second kappa shape index (κ2) is 9.30. The molecule has 1 unspecified atom stereocenters. The lowest BCUT2D eigenvalue weighted by Gasteiger charge is -2.28. The van der Waals surface area contributed by atoms with Crippen molar-refractivity contribution in [2.24, 2.45) is 0 Å². The zero-order valence-electron chi connectivity index (χ0n) is 17.1. The van der Waals surface area contributed by atoms with E-state index >= 15 is 0 Å². The van der Waals surface area contributed by atoms with E-state index in [1.807, 2.05) is 24.3 Å². The summed E-state index contributed by atoms with van der Waals surface area (Å²) >= 11 is 0. The largest absolute Gasteiger partial charge is 0.449 e. The van der Waals surface area contributed by atoms with Crippen molar-refractivity contribution >= 4 is 33.1 Å². The molecule has 160 valence electrons. The molecule has 7 nitrogen and oxygen atoms in total. The highest BCUT2D eigenvalue weighted by Crippen LogP contribution is 2.22. The number of sulfone groups is 1. The first-order valence-electron chi connectivity index (χ1n) is 9.91. The van der Waals surface area contributed by atoms with Crippen LogP contribution < -0.4 is 10.2 Å². The number of rotatable bonds is 6. The number of carbonyl (C=O) groups excluding carboxylic acids is 2. The highest BCUT2D eigenvalue weighted by molar-refractivity contribution is 7.90. The number of amides is 1. The molecule has 1 N–H and O–H groups in total. The van der Waals surface area contributed by atoms with E-state index in [1.54, 1.807) is 0 Å². The van der Waals surface area contributed by atoms with Gasteiger partial charge in [0.1, 0.15) is 0 Å². The van der Waals surface area contributed by atoms with Gasteiger partial charge in [-0.2, -0.15) is 0 Å². The number of carbonyl (C=O) groups is 2. The SMILES string of the molecule is CC(OC(=O)c1ccc(S(C)(=O)=O)cc1)C(=O)Nc1ccc(N2CCCCC2)cc1. The number of benzene rings is 2. The van der Waals surface area contributed by atoms with Gasteiger partial charge in [0, 0.05) is 30.7 Å². The summed E-state index contributed by atoms with van der Waals surface area (Å²) in [6, 6.07) is 13.0. The van der Waals surface area contributed by atoms with Crippen molar-refractivity contribution in [3.05, 3.63) is 54.1 Å². The molecule has 1 heterocycles. The number of anilines is 2. The third kappa shape index (κ3) is 5.60. The first-order chi connectivity index (χ1) is 14.2. The lowest BCUT2D eigenvalue weighted by atomic mass is 10.1. The van der Waals surface area contributed by atoms with Gasteiger partial charge >= 0.3 is 5.97 Å². The number of nitrogens with one attached hydrogen (secondary N) is 1. The summed E-state index contributed by atoms with van der Waals surface area (Å²) in [4.78, 5) is 27.0. The number of esters is 1. The number of piperidine rings is 1. The molecular formula is C22H26N2O5S. The second-order valence-corrected chi connectivity index (χ2v) is 9.44. The molecule has 0 spiro atoms. The van der Waals surface area contributed by atoms with Crippen LogP contribution in [0.4, 0.5) is 11.4 Å². The van der Waals surface area contributed by atoms with Crippen molar-refractivity contribution in [3.8, 4) is 0 Å². The fraction of sp³-hybridized carbons (Fsp3) is 0.364. The summed E-state index contributed by atoms with van der Waals surface area (Å²) < 4.78 is 28.2. The molecule has 0 aromatic heterocycles. The topological polar surface area (TPSA) is 92.8 Å². The Kier molecular flexibility index (Phi) is 6.77. The van der Waals surface area contributed by atoms with E-state index in [9.17, 15) is 18.0 Å². The van der Waals surface area contributed by atoms with Gasteiger partial charge in [-0.1, -0.05) is 0 Å². The lowest BCUT2D eigenvalue weighted by molar-refractivity contribution is -0.123. The van der Waals surface area contributed by atoms with E-state index in [0.717, 1.165) is 25.0 Å². The molecule has 1 aliphatic rings. The smallest absolute Gasteiger partial charge is 0.338 e. The summed E-state index contributed by atoms with van der Waals surface area (Å²) in [5.74, 6) is -1.14. The van der Waals surface area contributed by atoms with Crippen LogP contribution in [0.15, 0.2) is 53.4 Å². The fourth-order valence-corrected chi connectivity index (χ4v) is 3.90. The van der Waals surface area contributed by atoms with E-state index in [1.165, 1.54) is 50.5 Å². The van der Waals surface area contributed by atoms with Crippen molar-refractivity contribution in [2.75, 3.05) is 29.6 Å². The molecule has 1 saturated heterocycles. The molecule has 2 aromatic carbocycles. The Hall–Kier alpha value is -2.87. The van der Waals surface area contributed by atoms with E-state index in [-0.39, 0.29) is 10.5 Å². The first kappa shape index (κ1) is 21.8. The van der Waals surface area contributed by atoms with Gasteiger partial charge < -0.3 is 15.0 Å². The van der Waals surface area contributed by atoms with Gasteiger partial charge in [0.15, 0.2) is 15.9 Å². The van der Waals surface area contributed by atoms with Crippen molar-refractivity contribution in [1.82, 2.24) is 0 Å². The second-order valence-electron chi connectivity index (χ2n) is 7.43. The summed E-state index contributed by atoms with van der Waals surface area (Å²) in [7, 11) is -3.35. The summed E-state index contributed by atoms with van der Waals surface area (Å²) in [5, 5.41) is 2.74. The van der Waals surface area contributed by atoms with Crippen LogP contribution in [0.1, 0.15) is 36.5 Å². The predicted octanol–water partition coefficient (Wildman–Crippen LogP) is 3.26. The van der Waals surface area contributed by atoms with Crippen LogP contribution in [0.25, 0.3) is 0 Å². The number of nitrogens with zero attached hydrogens (tertiary/aromatic N) is 1. The molecule has 0 aliphatic carbocycles. The van der Waals surface area contributed by atoms with Crippen molar-refractivity contribution in [1.29, 1.82) is 0 Å². The van der Waals surface area contributed by atoms with Crippen LogP contribution >= 0.6 is 0 Å². The first-order valence-corrected chi connectivity index (χ1v) is 11.8. The molecule has 1 amide bonds. The van der Waals surface area contributed by atoms with Crippen molar-refractivity contribution in [3.63, 3.8) is 0 Å². The number of hydrogen-bond acceptors (Lipinski definition) is 6. The van der Waals surface area contributed by atoms with Gasteiger partial charge in [0.2, 0.25) is 0 Å². The van der Waals surface area contributed by atoms with Gasteiger partial charge in [-0.25, -0.2) is 13.2 Å². The molecule has 0 bridgehead atoms. The summed E-state index contributed by atoms with van der Waals surface area (Å²) in [6.07, 6.45) is 3.74. The monoisotopic (exact) mass is 430 g/mol. The fourth-order valence-electron chi connectivity index (χ4n) is 3.27. The predicted molar refractivity (Wildman–Crippen MR) is 116 cm³/mol. The Morgan fingerprint density at radius 3 is 2.13 bits per heavy atom. The standard InChI is InChI=1S/C22H26N2O5S/c1-16(29-22(26)17-6-12-20(13-7-17)30(2,27)28)21(25)23-18-8-10-19(11-9-18)24-14-4-3-5-15-24/h6-13,16H,3-5,14-15H2,1-2H3,(H,23,25). The van der Waals surface area contributed by atoms with E-state index in [2.05, 4.69) is 10.2 Å². The highest BCUT2D eigenvalue weighted by atomic mass is 32.2. The Labute approximate surface area is 177 Å². The highest BCUT2D eigenvalue weighted by Gasteiger charge is 2.20. The molecule has 0 radical (unpaired) electrons. The van der Waals surface area contributed by atoms with Gasteiger partial charge in [-0.3, -0.25) is 4.79 Å². The molecule has 1 atom stereocenters. The van der Waals surface area contributed by atoms with Crippen LogP contribution in [0, 0.1) is 0 Å². The molecule has 3 rings (SSSR count). The van der Waals surface area contributed by atoms with Gasteiger partial charge in [0.25, 0.3) is 5.91 Å². The molecule has 30 heavy (non-hydrogen) atoms. The van der Waals surface area contributed by atoms with Crippen molar-refractivity contribution < 1.29 is 22.7 Å². The molecule has 8 heteroatoms. The minimum Gasteiger partial charge on any atom is -0.449 e. The molecular weight excluding hydrogens is 404 g/mol. The zero-order chi connectivity index (χ0) is 21.7. The molecule has 1 aliphatic heterocycles. The number of hydrogen-bond donors (Lipinski definition) is 1. The lowest BCUT2D eigenvalue weighted by Crippen LogP contribution is -2.30. The minimum atomic E-state index is -3.35. The Balaban J connectivity index is 1.55. The van der Waals surface area contributed by atoms with Crippen LogP contribution in [0.3, 0.4) is 0 Å². The van der Waals surface area contributed by atoms with Crippen LogP contribution in [0.2, 0.25) is 0 Å². The van der Waals surface area contributed by atoms with E-state index in [4.69, 9.17) is 4.74 Å². The van der Waals surface area contributed by atoms with Gasteiger partial charge in [-0.15, -0.1) is 0 Å². The van der Waals surface area contributed by atoms with Gasteiger partial charge in [0.05, 0.1) is 10.5 Å². The Bertz CT molecular complexity index is 995. The normalized spacial score (nSPS) is 15.3. The van der Waals surface area contributed by atoms with Crippen molar-refractivity contribution in [2.45, 2.75) is 37.2 Å². The average Bonchev–Trinajstić information content (AvgIpc) is 2.74. The number of ether oxygens (including phenoxy) is 1. The summed E-state index contributed by atoms with van der Waals surface area (Å²) in [5.41, 5.74) is 1.93. The zero-order valence-corrected chi connectivity index (χ0v) is 17.9. The maximum absolute atomic E-state index is 12.4. The molecule has 1 fully saturated rings. The quantitative estimate of drug-likeness (QED) is 0.707. The van der Waals surface area contributed by atoms with Crippen LogP contribution in [-0.2, 0) is 19.4 Å². The van der Waals surface area contributed by atoms with E-state index < -0.39 is 27.8 Å². The molecule has 0 saturated carbocycles. The van der Waals surface area contributed by atoms with Gasteiger partial charge in [-0.05, 0) is 74.7 Å². The van der Waals surface area contributed by atoms with Crippen LogP contribution in [0.5, 0.6) is 0 Å². The Morgan fingerprint density at radius 1 is 0.967 bits per heavy atom. The Morgan fingerprint density at radius 2 is 1.57 bits per heavy atom. The third-order valence-electron chi connectivity index (χ3n) is 5.03. The molecule has 2 aromatic rings. The average molecular weight is 431 g/mol. The summed E-state index contributed by atoms with van der Waals surface area (Å²) in [6.45, 7) is 3.58. The van der Waals surface area contributed by atoms with Crippen LogP contribution in [-0.4, -0.2) is 45.7 Å². The maximum atomic E-state index is 12.4. The maximum Gasteiger partial charge on any atom is 0.338 e.